The van der Waals surface area contributed by atoms with E-state index in [0.717, 1.165) is 28.4 Å². The van der Waals surface area contributed by atoms with Crippen molar-refractivity contribution in [2.24, 2.45) is 5.10 Å². The molecule has 1 heterocycles. The fourth-order valence-electron chi connectivity index (χ4n) is 3.16. The summed E-state index contributed by atoms with van der Waals surface area (Å²) in [7, 11) is 0. The Labute approximate surface area is 177 Å². The van der Waals surface area contributed by atoms with Gasteiger partial charge in [-0.25, -0.2) is 5.43 Å². The Morgan fingerprint density at radius 1 is 1.00 bits per heavy atom. The summed E-state index contributed by atoms with van der Waals surface area (Å²) in [6.07, 6.45) is 1.72. The molecule has 150 valence electrons. The van der Waals surface area contributed by atoms with E-state index in [0.29, 0.717) is 5.75 Å². The molecule has 0 saturated carbocycles. The second kappa shape index (κ2) is 9.61. The molecule has 0 saturated heterocycles. The van der Waals surface area contributed by atoms with Gasteiger partial charge >= 0.3 is 0 Å². The van der Waals surface area contributed by atoms with E-state index in [1.165, 1.54) is 16.7 Å². The van der Waals surface area contributed by atoms with Gasteiger partial charge in [-0.15, -0.1) is 11.8 Å². The summed E-state index contributed by atoms with van der Waals surface area (Å²) < 4.78 is 2.19. The Bertz CT molecular complexity index is 1000. The first kappa shape index (κ1) is 20.9. The molecule has 0 aliphatic heterocycles. The van der Waals surface area contributed by atoms with E-state index >= 15 is 0 Å². The van der Waals surface area contributed by atoms with Gasteiger partial charge in [-0.1, -0.05) is 47.5 Å². The van der Waals surface area contributed by atoms with Crippen molar-refractivity contribution >= 4 is 23.9 Å². The molecule has 0 aliphatic rings. The quantitative estimate of drug-likeness (QED) is 0.439. The van der Waals surface area contributed by atoms with Crippen LogP contribution in [0, 0.1) is 27.7 Å². The lowest BCUT2D eigenvalue weighted by molar-refractivity contribution is -0.118. The van der Waals surface area contributed by atoms with E-state index in [4.69, 9.17) is 0 Å². The number of rotatable bonds is 7. The van der Waals surface area contributed by atoms with Crippen LogP contribution in [0.15, 0.2) is 59.7 Å². The normalized spacial score (nSPS) is 11.2. The Hall–Kier alpha value is -2.79. The summed E-state index contributed by atoms with van der Waals surface area (Å²) in [6, 6.07) is 18.9. The van der Waals surface area contributed by atoms with E-state index in [-0.39, 0.29) is 5.91 Å². The first-order chi connectivity index (χ1) is 13.9. The smallest absolute Gasteiger partial charge is 0.250 e. The summed E-state index contributed by atoms with van der Waals surface area (Å²) in [5.41, 5.74) is 10.7. The number of thioether (sulfide) groups is 1. The number of benzene rings is 2. The topological polar surface area (TPSA) is 46.4 Å². The molecule has 1 N–H and O–H groups in total. The van der Waals surface area contributed by atoms with E-state index in [9.17, 15) is 4.79 Å². The minimum Gasteiger partial charge on any atom is -0.318 e. The van der Waals surface area contributed by atoms with Crippen LogP contribution in [0.3, 0.4) is 0 Å². The average Bonchev–Trinajstić information content (AvgIpc) is 2.98. The standard InChI is InChI=1S/C24H27N3OS/c1-17-5-9-21(10-6-17)15-29-16-24(28)26-25-14-22-13-19(3)27(20(22)4)23-11-7-18(2)8-12-23/h5-14H,15-16H2,1-4H3,(H,26,28)/b25-14-. The number of nitrogens with one attached hydrogen (secondary N) is 1. The van der Waals surface area contributed by atoms with Crippen LogP contribution < -0.4 is 5.43 Å². The van der Waals surface area contributed by atoms with Crippen molar-refractivity contribution in [2.75, 3.05) is 5.75 Å². The van der Waals surface area contributed by atoms with Crippen LogP contribution in [0.5, 0.6) is 0 Å². The lowest BCUT2D eigenvalue weighted by atomic mass is 10.2. The van der Waals surface area contributed by atoms with Gasteiger partial charge in [-0.05, 0) is 51.5 Å². The Morgan fingerprint density at radius 3 is 2.28 bits per heavy atom. The van der Waals surface area contributed by atoms with Crippen LogP contribution in [-0.4, -0.2) is 22.4 Å². The number of carbonyl (C=O) groups excluding carboxylic acids is 1. The molecule has 4 nitrogen and oxygen atoms in total. The predicted molar refractivity (Wildman–Crippen MR) is 123 cm³/mol. The van der Waals surface area contributed by atoms with Crippen LogP contribution in [-0.2, 0) is 10.5 Å². The van der Waals surface area contributed by atoms with Crippen molar-refractivity contribution in [1.82, 2.24) is 9.99 Å². The molecule has 0 atom stereocenters. The van der Waals surface area contributed by atoms with Crippen molar-refractivity contribution in [3.63, 3.8) is 0 Å². The van der Waals surface area contributed by atoms with E-state index in [1.54, 1.807) is 18.0 Å². The number of aromatic nitrogens is 1. The van der Waals surface area contributed by atoms with E-state index < -0.39 is 0 Å². The molecule has 3 aromatic rings. The van der Waals surface area contributed by atoms with Gasteiger partial charge in [0.2, 0.25) is 5.91 Å². The van der Waals surface area contributed by atoms with Crippen LogP contribution in [0.1, 0.15) is 33.6 Å². The monoisotopic (exact) mass is 405 g/mol. The maximum absolute atomic E-state index is 12.0. The third-order valence-electron chi connectivity index (χ3n) is 4.78. The zero-order chi connectivity index (χ0) is 20.8. The molecule has 5 heteroatoms. The number of aryl methyl sites for hydroxylation is 3. The van der Waals surface area contributed by atoms with Crippen molar-refractivity contribution in [2.45, 2.75) is 33.4 Å². The molecule has 2 aromatic carbocycles. The molecular formula is C24H27N3OS. The van der Waals surface area contributed by atoms with Crippen molar-refractivity contribution in [3.05, 3.63) is 88.2 Å². The zero-order valence-electron chi connectivity index (χ0n) is 17.4. The van der Waals surface area contributed by atoms with Gasteiger partial charge < -0.3 is 4.57 Å². The lowest BCUT2D eigenvalue weighted by Crippen LogP contribution is -2.19. The van der Waals surface area contributed by atoms with Gasteiger partial charge in [0.05, 0.1) is 12.0 Å². The fourth-order valence-corrected chi connectivity index (χ4v) is 3.94. The van der Waals surface area contributed by atoms with Gasteiger partial charge in [-0.2, -0.15) is 5.10 Å². The van der Waals surface area contributed by atoms with Crippen molar-refractivity contribution in [1.29, 1.82) is 0 Å². The average molecular weight is 406 g/mol. The molecule has 1 aromatic heterocycles. The third-order valence-corrected chi connectivity index (χ3v) is 5.78. The number of carbonyl (C=O) groups is 1. The van der Waals surface area contributed by atoms with Gasteiger partial charge in [0, 0.05) is 28.4 Å². The third kappa shape index (κ3) is 5.61. The highest BCUT2D eigenvalue weighted by molar-refractivity contribution is 7.99. The molecule has 0 radical (unpaired) electrons. The van der Waals surface area contributed by atoms with Gasteiger partial charge in [0.15, 0.2) is 0 Å². The first-order valence-corrected chi connectivity index (χ1v) is 10.8. The van der Waals surface area contributed by atoms with E-state index in [2.05, 4.69) is 97.4 Å². The molecule has 0 bridgehead atoms. The van der Waals surface area contributed by atoms with Crippen LogP contribution in [0.2, 0.25) is 0 Å². The summed E-state index contributed by atoms with van der Waals surface area (Å²) in [6.45, 7) is 8.29. The van der Waals surface area contributed by atoms with Crippen molar-refractivity contribution in [3.8, 4) is 5.69 Å². The summed E-state index contributed by atoms with van der Waals surface area (Å²) in [5, 5.41) is 4.15. The maximum Gasteiger partial charge on any atom is 0.250 e. The van der Waals surface area contributed by atoms with E-state index in [1.807, 2.05) is 0 Å². The Balaban J connectivity index is 1.54. The largest absolute Gasteiger partial charge is 0.318 e. The minimum absolute atomic E-state index is 0.0919. The van der Waals surface area contributed by atoms with Crippen LogP contribution >= 0.6 is 11.8 Å². The highest BCUT2D eigenvalue weighted by Gasteiger charge is 2.09. The summed E-state index contributed by atoms with van der Waals surface area (Å²) in [5.74, 6) is 1.11. The number of hydrazone groups is 1. The molecule has 3 rings (SSSR count). The predicted octanol–water partition coefficient (Wildman–Crippen LogP) is 5.09. The molecule has 0 aliphatic carbocycles. The van der Waals surface area contributed by atoms with Gasteiger partial charge in [-0.3, -0.25) is 4.79 Å². The zero-order valence-corrected chi connectivity index (χ0v) is 18.2. The number of hydrogen-bond donors (Lipinski definition) is 1. The minimum atomic E-state index is -0.0919. The number of hydrogen-bond acceptors (Lipinski definition) is 3. The highest BCUT2D eigenvalue weighted by Crippen LogP contribution is 2.20. The maximum atomic E-state index is 12.0. The molecule has 0 fully saturated rings. The second-order valence-electron chi connectivity index (χ2n) is 7.27. The number of nitrogens with zero attached hydrogens (tertiary/aromatic N) is 2. The highest BCUT2D eigenvalue weighted by atomic mass is 32.2. The van der Waals surface area contributed by atoms with Crippen molar-refractivity contribution < 1.29 is 4.79 Å². The number of amides is 1. The van der Waals surface area contributed by atoms with Gasteiger partial charge in [0.25, 0.3) is 0 Å². The first-order valence-electron chi connectivity index (χ1n) is 9.65. The fraction of sp³-hybridized carbons (Fsp3) is 0.250. The van der Waals surface area contributed by atoms with Crippen LogP contribution in [0.4, 0.5) is 0 Å². The SMILES string of the molecule is Cc1ccc(CSCC(=O)N/N=C\c2cc(C)n(-c3ccc(C)cc3)c2C)cc1. The molecule has 1 amide bonds. The second-order valence-corrected chi connectivity index (χ2v) is 8.25. The molecule has 29 heavy (non-hydrogen) atoms. The summed E-state index contributed by atoms with van der Waals surface area (Å²) >= 11 is 1.58. The lowest BCUT2D eigenvalue weighted by Gasteiger charge is -2.09. The van der Waals surface area contributed by atoms with Gasteiger partial charge in [0.1, 0.15) is 0 Å². The summed E-state index contributed by atoms with van der Waals surface area (Å²) in [4.78, 5) is 12.0. The Morgan fingerprint density at radius 2 is 1.62 bits per heavy atom. The molecular weight excluding hydrogens is 378 g/mol. The molecule has 0 unspecified atom stereocenters. The molecule has 0 spiro atoms. The van der Waals surface area contributed by atoms with Crippen LogP contribution in [0.25, 0.3) is 5.69 Å². The Kier molecular flexibility index (Phi) is 6.94.